The molecule has 1 N–H and O–H groups in total. The quantitative estimate of drug-likeness (QED) is 0.748. The molecule has 0 atom stereocenters. The van der Waals surface area contributed by atoms with Gasteiger partial charge in [-0.3, -0.25) is 4.98 Å². The second-order valence-electron chi connectivity index (χ2n) is 5.22. The fourth-order valence-corrected chi connectivity index (χ4v) is 2.24. The van der Waals surface area contributed by atoms with Crippen LogP contribution in [0.15, 0.2) is 41.2 Å². The molecule has 2 aromatic heterocycles. The van der Waals surface area contributed by atoms with Gasteiger partial charge in [0.05, 0.1) is 12.4 Å². The van der Waals surface area contributed by atoms with E-state index in [0.717, 1.165) is 29.9 Å². The zero-order chi connectivity index (χ0) is 16.9. The Morgan fingerprint density at radius 3 is 2.42 bits per heavy atom. The number of hydrogen-bond acceptors (Lipinski definition) is 5. The number of benzene rings is 1. The first-order valence-corrected chi connectivity index (χ1v) is 7.62. The molecule has 2 heterocycles. The van der Waals surface area contributed by atoms with Crippen LogP contribution in [0.4, 0.5) is 14.5 Å². The van der Waals surface area contributed by atoms with Crippen molar-refractivity contribution in [3.05, 3.63) is 59.7 Å². The molecule has 0 bridgehead atoms. The van der Waals surface area contributed by atoms with Crippen molar-refractivity contribution in [1.82, 2.24) is 15.1 Å². The van der Waals surface area contributed by atoms with E-state index in [1.165, 1.54) is 0 Å². The Balaban J connectivity index is 1.60. The van der Waals surface area contributed by atoms with Gasteiger partial charge < -0.3 is 9.84 Å². The van der Waals surface area contributed by atoms with Gasteiger partial charge in [-0.1, -0.05) is 24.2 Å². The molecule has 3 rings (SSSR count). The molecule has 7 heteroatoms. The lowest BCUT2D eigenvalue weighted by molar-refractivity contribution is 0.423. The number of halogens is 2. The molecule has 5 nitrogen and oxygen atoms in total. The molecule has 24 heavy (non-hydrogen) atoms. The van der Waals surface area contributed by atoms with Crippen LogP contribution >= 0.6 is 0 Å². The lowest BCUT2D eigenvalue weighted by Gasteiger charge is -2.08. The Morgan fingerprint density at radius 2 is 1.79 bits per heavy atom. The number of aromatic nitrogens is 3. The van der Waals surface area contributed by atoms with Gasteiger partial charge in [0.25, 0.3) is 5.89 Å². The lowest BCUT2D eigenvalue weighted by Crippen LogP contribution is -2.08. The Kier molecular flexibility index (Phi) is 4.79. The highest BCUT2D eigenvalue weighted by atomic mass is 19.1. The van der Waals surface area contributed by atoms with Crippen molar-refractivity contribution in [2.75, 3.05) is 11.9 Å². The largest absolute Gasteiger partial charge is 0.380 e. The smallest absolute Gasteiger partial charge is 0.257 e. The van der Waals surface area contributed by atoms with E-state index < -0.39 is 11.6 Å². The van der Waals surface area contributed by atoms with Gasteiger partial charge in [0.1, 0.15) is 5.69 Å². The molecule has 124 valence electrons. The minimum absolute atomic E-state index is 0.153. The number of nitrogens with one attached hydrogen (secondary N) is 1. The van der Waals surface area contributed by atoms with Crippen molar-refractivity contribution in [3.63, 3.8) is 0 Å². The number of rotatable bonds is 6. The van der Waals surface area contributed by atoms with Crippen LogP contribution in [0.25, 0.3) is 11.5 Å². The monoisotopic (exact) mass is 330 g/mol. The van der Waals surface area contributed by atoms with Crippen molar-refractivity contribution in [1.29, 1.82) is 0 Å². The molecule has 0 unspecified atom stereocenters. The summed E-state index contributed by atoms with van der Waals surface area (Å²) in [5.41, 5.74) is 1.71. The van der Waals surface area contributed by atoms with Gasteiger partial charge in [-0.25, -0.2) is 8.78 Å². The molecule has 1 aromatic carbocycles. The second kappa shape index (κ2) is 7.16. The first-order valence-electron chi connectivity index (χ1n) is 7.62. The summed E-state index contributed by atoms with van der Waals surface area (Å²) in [6.07, 6.45) is 3.30. The summed E-state index contributed by atoms with van der Waals surface area (Å²) in [6, 6.07) is 7.62. The maximum Gasteiger partial charge on any atom is 0.257 e. The van der Waals surface area contributed by atoms with Gasteiger partial charge in [-0.15, -0.1) is 0 Å². The molecule has 3 aromatic rings. The molecule has 0 aliphatic rings. The third kappa shape index (κ3) is 3.56. The Morgan fingerprint density at radius 1 is 1.08 bits per heavy atom. The fourth-order valence-electron chi connectivity index (χ4n) is 2.24. The SMILES string of the molecule is CCc1noc(-c2ccc(CCNc3c(F)cncc3F)cc2)n1. The Hall–Kier alpha value is -2.83. The highest BCUT2D eigenvalue weighted by molar-refractivity contribution is 5.53. The molecule has 0 saturated carbocycles. The van der Waals surface area contributed by atoms with E-state index in [4.69, 9.17) is 4.52 Å². The molecular weight excluding hydrogens is 314 g/mol. The van der Waals surface area contributed by atoms with E-state index in [9.17, 15) is 8.78 Å². The summed E-state index contributed by atoms with van der Waals surface area (Å²) >= 11 is 0. The average molecular weight is 330 g/mol. The van der Waals surface area contributed by atoms with Crippen LogP contribution in [-0.2, 0) is 12.8 Å². The molecule has 0 fully saturated rings. The number of hydrogen-bond donors (Lipinski definition) is 1. The molecule has 0 aliphatic carbocycles. The average Bonchev–Trinajstić information content (AvgIpc) is 3.07. The van der Waals surface area contributed by atoms with E-state index >= 15 is 0 Å². The van der Waals surface area contributed by atoms with E-state index in [2.05, 4.69) is 20.4 Å². The van der Waals surface area contributed by atoms with Crippen LogP contribution in [0.3, 0.4) is 0 Å². The third-order valence-corrected chi connectivity index (χ3v) is 3.55. The summed E-state index contributed by atoms with van der Waals surface area (Å²) in [7, 11) is 0. The van der Waals surface area contributed by atoms with Gasteiger partial charge >= 0.3 is 0 Å². The predicted octanol–water partition coefficient (Wildman–Crippen LogP) is 3.63. The number of aryl methyl sites for hydroxylation is 1. The van der Waals surface area contributed by atoms with Crippen molar-refractivity contribution in [3.8, 4) is 11.5 Å². The number of anilines is 1. The fraction of sp³-hybridized carbons (Fsp3) is 0.235. The van der Waals surface area contributed by atoms with Crippen LogP contribution in [-0.4, -0.2) is 21.7 Å². The topological polar surface area (TPSA) is 63.8 Å². The van der Waals surface area contributed by atoms with Crippen molar-refractivity contribution < 1.29 is 13.3 Å². The van der Waals surface area contributed by atoms with Gasteiger partial charge in [0.2, 0.25) is 0 Å². The number of pyridine rings is 1. The Bertz CT molecular complexity index is 797. The number of nitrogens with zero attached hydrogens (tertiary/aromatic N) is 3. The Labute approximate surface area is 137 Å². The minimum Gasteiger partial charge on any atom is -0.380 e. The molecule has 0 radical (unpaired) electrons. The summed E-state index contributed by atoms with van der Waals surface area (Å²) < 4.78 is 32.1. The summed E-state index contributed by atoms with van der Waals surface area (Å²) in [5, 5.41) is 6.62. The van der Waals surface area contributed by atoms with Crippen LogP contribution in [0.2, 0.25) is 0 Å². The van der Waals surface area contributed by atoms with Gasteiger partial charge in [0, 0.05) is 18.5 Å². The molecule has 0 saturated heterocycles. The highest BCUT2D eigenvalue weighted by Crippen LogP contribution is 2.19. The van der Waals surface area contributed by atoms with E-state index in [-0.39, 0.29) is 5.69 Å². The van der Waals surface area contributed by atoms with Gasteiger partial charge in [0.15, 0.2) is 17.5 Å². The molecular formula is C17H16F2N4O. The van der Waals surface area contributed by atoms with Crippen LogP contribution in [0.1, 0.15) is 18.3 Å². The normalized spacial score (nSPS) is 10.8. The summed E-state index contributed by atoms with van der Waals surface area (Å²) in [4.78, 5) is 7.72. The first kappa shape index (κ1) is 16.0. The minimum atomic E-state index is -0.700. The third-order valence-electron chi connectivity index (χ3n) is 3.55. The highest BCUT2D eigenvalue weighted by Gasteiger charge is 2.09. The van der Waals surface area contributed by atoms with E-state index in [0.29, 0.717) is 24.7 Å². The van der Waals surface area contributed by atoms with E-state index in [1.807, 2.05) is 31.2 Å². The molecule has 0 aliphatic heterocycles. The van der Waals surface area contributed by atoms with Crippen molar-refractivity contribution in [2.24, 2.45) is 0 Å². The van der Waals surface area contributed by atoms with Gasteiger partial charge in [-0.05, 0) is 24.1 Å². The van der Waals surface area contributed by atoms with Crippen molar-refractivity contribution in [2.45, 2.75) is 19.8 Å². The van der Waals surface area contributed by atoms with Crippen LogP contribution in [0, 0.1) is 11.6 Å². The van der Waals surface area contributed by atoms with Crippen LogP contribution in [0.5, 0.6) is 0 Å². The molecule has 0 amide bonds. The summed E-state index contributed by atoms with van der Waals surface area (Å²) in [6.45, 7) is 2.36. The second-order valence-corrected chi connectivity index (χ2v) is 5.22. The predicted molar refractivity (Wildman–Crippen MR) is 85.5 cm³/mol. The maximum atomic E-state index is 13.5. The zero-order valence-corrected chi connectivity index (χ0v) is 13.1. The first-order chi connectivity index (χ1) is 11.7. The molecule has 0 spiro atoms. The lowest BCUT2D eigenvalue weighted by atomic mass is 10.1. The maximum absolute atomic E-state index is 13.5. The summed E-state index contributed by atoms with van der Waals surface area (Å²) in [5.74, 6) is -0.251. The van der Waals surface area contributed by atoms with E-state index in [1.54, 1.807) is 0 Å². The zero-order valence-electron chi connectivity index (χ0n) is 13.1. The van der Waals surface area contributed by atoms with Gasteiger partial charge in [-0.2, -0.15) is 4.98 Å². The van der Waals surface area contributed by atoms with Crippen LogP contribution < -0.4 is 5.32 Å². The van der Waals surface area contributed by atoms with Crippen molar-refractivity contribution >= 4 is 5.69 Å². The standard InChI is InChI=1S/C17H16F2N4O/c1-2-15-22-17(24-23-15)12-5-3-11(4-6-12)7-8-21-16-13(18)9-20-10-14(16)19/h3-6,9-10H,2,7-8H2,1H3,(H,20,21).